The number of nitrogens with one attached hydrogen (secondary N) is 1. The molecule has 3 heteroatoms. The van der Waals surface area contributed by atoms with E-state index in [-0.39, 0.29) is 5.82 Å². The fourth-order valence-corrected chi connectivity index (χ4v) is 2.27. The second-order valence-corrected chi connectivity index (χ2v) is 5.89. The van der Waals surface area contributed by atoms with Gasteiger partial charge < -0.3 is 10.2 Å². The van der Waals surface area contributed by atoms with Crippen LogP contribution in [0.15, 0.2) is 24.3 Å². The average molecular weight is 280 g/mol. The lowest BCUT2D eigenvalue weighted by Crippen LogP contribution is -2.36. The Kier molecular flexibility index (Phi) is 7.60. The zero-order valence-electron chi connectivity index (χ0n) is 13.3. The number of benzene rings is 1. The Labute approximate surface area is 123 Å². The minimum absolute atomic E-state index is 0.167. The van der Waals surface area contributed by atoms with Gasteiger partial charge >= 0.3 is 0 Å². The molecule has 0 spiro atoms. The number of hydrogen-bond donors (Lipinski definition) is 1. The Bertz CT molecular complexity index is 379. The van der Waals surface area contributed by atoms with Crippen LogP contribution in [0.3, 0.4) is 0 Å². The number of halogens is 1. The first-order valence-electron chi connectivity index (χ1n) is 7.76. The topological polar surface area (TPSA) is 15.3 Å². The maximum Gasteiger partial charge on any atom is 0.125 e. The van der Waals surface area contributed by atoms with Gasteiger partial charge in [-0.05, 0) is 50.8 Å². The lowest BCUT2D eigenvalue weighted by molar-refractivity contribution is 0.453. The van der Waals surface area contributed by atoms with Gasteiger partial charge in [-0.2, -0.15) is 0 Å². The average Bonchev–Trinajstić information content (AvgIpc) is 2.41. The van der Waals surface area contributed by atoms with Crippen LogP contribution in [0, 0.1) is 11.7 Å². The van der Waals surface area contributed by atoms with Crippen LogP contribution in [0.1, 0.15) is 40.5 Å². The zero-order chi connectivity index (χ0) is 15.0. The molecular formula is C17H29FN2. The molecule has 0 heterocycles. The molecule has 0 aliphatic carbocycles. The molecule has 0 aliphatic rings. The van der Waals surface area contributed by atoms with Crippen LogP contribution in [0.5, 0.6) is 0 Å². The zero-order valence-corrected chi connectivity index (χ0v) is 13.3. The fraction of sp³-hybridized carbons (Fsp3) is 0.647. The standard InChI is InChI=1S/C17H29FN2/c1-5-20(17-8-6-7-16(18)13-17)12-11-19-15(4)10-9-14(2)3/h6-8,13-15,19H,5,9-12H2,1-4H3. The van der Waals surface area contributed by atoms with Crippen LogP contribution >= 0.6 is 0 Å². The summed E-state index contributed by atoms with van der Waals surface area (Å²) < 4.78 is 13.2. The van der Waals surface area contributed by atoms with E-state index in [1.807, 2.05) is 6.07 Å². The van der Waals surface area contributed by atoms with E-state index in [2.05, 4.69) is 37.9 Å². The highest BCUT2D eigenvalue weighted by Gasteiger charge is 2.07. The van der Waals surface area contributed by atoms with E-state index in [9.17, 15) is 4.39 Å². The molecule has 0 bridgehead atoms. The van der Waals surface area contributed by atoms with Gasteiger partial charge in [-0.3, -0.25) is 0 Å². The van der Waals surface area contributed by atoms with Crippen molar-refractivity contribution in [3.05, 3.63) is 30.1 Å². The molecule has 0 amide bonds. The van der Waals surface area contributed by atoms with Gasteiger partial charge in [0.1, 0.15) is 5.82 Å². The molecule has 1 N–H and O–H groups in total. The molecule has 2 nitrogen and oxygen atoms in total. The molecule has 114 valence electrons. The first kappa shape index (κ1) is 17.0. The summed E-state index contributed by atoms with van der Waals surface area (Å²) in [5.74, 6) is 0.595. The van der Waals surface area contributed by atoms with Gasteiger partial charge in [-0.25, -0.2) is 4.39 Å². The molecule has 1 aromatic rings. The van der Waals surface area contributed by atoms with Gasteiger partial charge in [-0.1, -0.05) is 19.9 Å². The van der Waals surface area contributed by atoms with Crippen molar-refractivity contribution in [2.45, 2.75) is 46.6 Å². The predicted molar refractivity (Wildman–Crippen MR) is 85.8 cm³/mol. The monoisotopic (exact) mass is 280 g/mol. The van der Waals surface area contributed by atoms with Crippen molar-refractivity contribution >= 4 is 5.69 Å². The summed E-state index contributed by atoms with van der Waals surface area (Å²) in [4.78, 5) is 2.20. The van der Waals surface area contributed by atoms with Crippen LogP contribution < -0.4 is 10.2 Å². The van der Waals surface area contributed by atoms with E-state index in [0.29, 0.717) is 6.04 Å². The lowest BCUT2D eigenvalue weighted by Gasteiger charge is -2.24. The first-order valence-corrected chi connectivity index (χ1v) is 7.76. The highest BCUT2D eigenvalue weighted by Crippen LogP contribution is 2.14. The number of likely N-dealkylation sites (N-methyl/N-ethyl adjacent to an activating group) is 1. The largest absolute Gasteiger partial charge is 0.370 e. The van der Waals surface area contributed by atoms with E-state index < -0.39 is 0 Å². The van der Waals surface area contributed by atoms with E-state index in [1.54, 1.807) is 12.1 Å². The molecule has 1 aromatic carbocycles. The third-order valence-corrected chi connectivity index (χ3v) is 3.61. The summed E-state index contributed by atoms with van der Waals surface area (Å²) in [6.45, 7) is 11.6. The fourth-order valence-electron chi connectivity index (χ4n) is 2.27. The summed E-state index contributed by atoms with van der Waals surface area (Å²) in [5, 5.41) is 3.55. The van der Waals surface area contributed by atoms with Crippen LogP contribution in [0.25, 0.3) is 0 Å². The van der Waals surface area contributed by atoms with Crippen molar-refractivity contribution in [2.75, 3.05) is 24.5 Å². The molecule has 0 saturated carbocycles. The number of nitrogens with zero attached hydrogens (tertiary/aromatic N) is 1. The Hall–Kier alpha value is -1.09. The predicted octanol–water partition coefficient (Wildman–Crippen LogP) is 4.07. The molecular weight excluding hydrogens is 251 g/mol. The van der Waals surface area contributed by atoms with Crippen molar-refractivity contribution in [1.29, 1.82) is 0 Å². The Morgan fingerprint density at radius 2 is 1.95 bits per heavy atom. The van der Waals surface area contributed by atoms with Crippen LogP contribution in [0.4, 0.5) is 10.1 Å². The van der Waals surface area contributed by atoms with Crippen LogP contribution in [-0.2, 0) is 0 Å². The minimum atomic E-state index is -0.167. The molecule has 1 rings (SSSR count). The molecule has 0 aliphatic heterocycles. The molecule has 20 heavy (non-hydrogen) atoms. The van der Waals surface area contributed by atoms with Crippen molar-refractivity contribution in [3.63, 3.8) is 0 Å². The summed E-state index contributed by atoms with van der Waals surface area (Å²) in [6.07, 6.45) is 2.47. The smallest absolute Gasteiger partial charge is 0.125 e. The quantitative estimate of drug-likeness (QED) is 0.733. The summed E-state index contributed by atoms with van der Waals surface area (Å²) in [7, 11) is 0. The van der Waals surface area contributed by atoms with Crippen molar-refractivity contribution in [1.82, 2.24) is 5.32 Å². The summed E-state index contributed by atoms with van der Waals surface area (Å²) in [5.41, 5.74) is 0.962. The molecule has 0 aromatic heterocycles. The first-order chi connectivity index (χ1) is 9.52. The van der Waals surface area contributed by atoms with E-state index >= 15 is 0 Å². The van der Waals surface area contributed by atoms with Crippen LogP contribution in [-0.4, -0.2) is 25.7 Å². The third kappa shape index (κ3) is 6.38. The Balaban J connectivity index is 2.35. The molecule has 0 saturated heterocycles. The summed E-state index contributed by atoms with van der Waals surface area (Å²) in [6, 6.07) is 7.37. The minimum Gasteiger partial charge on any atom is -0.370 e. The Morgan fingerprint density at radius 1 is 1.20 bits per heavy atom. The van der Waals surface area contributed by atoms with Gasteiger partial charge in [0.25, 0.3) is 0 Å². The molecule has 1 unspecified atom stereocenters. The van der Waals surface area contributed by atoms with E-state index in [4.69, 9.17) is 0 Å². The van der Waals surface area contributed by atoms with Gasteiger partial charge in [0.05, 0.1) is 0 Å². The van der Waals surface area contributed by atoms with Gasteiger partial charge in [0.2, 0.25) is 0 Å². The number of rotatable bonds is 9. The van der Waals surface area contributed by atoms with Gasteiger partial charge in [0, 0.05) is 31.4 Å². The van der Waals surface area contributed by atoms with Crippen molar-refractivity contribution in [3.8, 4) is 0 Å². The lowest BCUT2D eigenvalue weighted by atomic mass is 10.0. The van der Waals surface area contributed by atoms with Gasteiger partial charge in [-0.15, -0.1) is 0 Å². The highest BCUT2D eigenvalue weighted by atomic mass is 19.1. The normalized spacial score (nSPS) is 12.7. The van der Waals surface area contributed by atoms with Gasteiger partial charge in [0.15, 0.2) is 0 Å². The van der Waals surface area contributed by atoms with Crippen LogP contribution in [0.2, 0.25) is 0 Å². The van der Waals surface area contributed by atoms with E-state index in [1.165, 1.54) is 18.9 Å². The SMILES string of the molecule is CCN(CCNC(C)CCC(C)C)c1cccc(F)c1. The van der Waals surface area contributed by atoms with E-state index in [0.717, 1.165) is 31.2 Å². The number of anilines is 1. The highest BCUT2D eigenvalue weighted by molar-refractivity contribution is 5.46. The molecule has 1 atom stereocenters. The maximum absolute atomic E-state index is 13.2. The summed E-state index contributed by atoms with van der Waals surface area (Å²) >= 11 is 0. The third-order valence-electron chi connectivity index (χ3n) is 3.61. The van der Waals surface area contributed by atoms with Crippen molar-refractivity contribution in [2.24, 2.45) is 5.92 Å². The van der Waals surface area contributed by atoms with Crippen molar-refractivity contribution < 1.29 is 4.39 Å². The second-order valence-electron chi connectivity index (χ2n) is 5.89. The molecule has 0 fully saturated rings. The molecule has 0 radical (unpaired) electrons. The maximum atomic E-state index is 13.2. The second kappa shape index (κ2) is 8.96. The number of hydrogen-bond acceptors (Lipinski definition) is 2. The Morgan fingerprint density at radius 3 is 2.55 bits per heavy atom.